The molecular weight excluding hydrogens is 288 g/mol. The van der Waals surface area contributed by atoms with Crippen molar-refractivity contribution in [3.63, 3.8) is 0 Å². The van der Waals surface area contributed by atoms with E-state index in [1.54, 1.807) is 6.07 Å². The third-order valence-corrected chi connectivity index (χ3v) is 3.97. The van der Waals surface area contributed by atoms with Gasteiger partial charge in [-0.05, 0) is 12.1 Å². The number of aromatic nitrogens is 2. The van der Waals surface area contributed by atoms with E-state index in [2.05, 4.69) is 15.5 Å². The van der Waals surface area contributed by atoms with Gasteiger partial charge < -0.3 is 11.1 Å². The zero-order valence-corrected chi connectivity index (χ0v) is 11.7. The van der Waals surface area contributed by atoms with E-state index in [1.807, 2.05) is 29.6 Å². The van der Waals surface area contributed by atoms with Crippen molar-refractivity contribution in [2.45, 2.75) is 6.42 Å². The van der Waals surface area contributed by atoms with Crippen LogP contribution in [0.1, 0.15) is 10.6 Å². The Morgan fingerprint density at radius 1 is 1.33 bits per heavy atom. The van der Waals surface area contributed by atoms with Gasteiger partial charge in [0, 0.05) is 22.1 Å². The van der Waals surface area contributed by atoms with Crippen LogP contribution in [0.5, 0.6) is 0 Å². The predicted molar refractivity (Wildman–Crippen MR) is 82.7 cm³/mol. The molecule has 4 N–H and O–H groups in total. The largest absolute Gasteiger partial charge is 0.351 e. The molecule has 3 rings (SSSR count). The number of nitrogens with zero attached hydrogens (tertiary/aromatic N) is 1. The van der Waals surface area contributed by atoms with Crippen LogP contribution in [-0.4, -0.2) is 16.2 Å². The fourth-order valence-electron chi connectivity index (χ4n) is 2.15. The number of primary amides is 1. The van der Waals surface area contributed by atoms with Crippen LogP contribution in [0.4, 0.5) is 10.5 Å². The lowest BCUT2D eigenvalue weighted by atomic mass is 10.1. The molecule has 2 heterocycles. The Balaban J connectivity index is 1.95. The zero-order valence-electron chi connectivity index (χ0n) is 10.9. The minimum Gasteiger partial charge on any atom is -0.351 e. The first-order valence-corrected chi connectivity index (χ1v) is 7.11. The van der Waals surface area contributed by atoms with Gasteiger partial charge in [-0.2, -0.15) is 5.10 Å². The summed E-state index contributed by atoms with van der Waals surface area (Å²) < 4.78 is 0. The first kappa shape index (κ1) is 13.3. The molecule has 2 amide bonds. The molecule has 0 aliphatic carbocycles. The summed E-state index contributed by atoms with van der Waals surface area (Å²) in [4.78, 5) is 23.6. The monoisotopic (exact) mass is 300 g/mol. The number of carbonyl (C=O) groups is 1. The average molecular weight is 300 g/mol. The minimum atomic E-state index is -0.591. The number of H-pyrrole nitrogens is 1. The highest BCUT2D eigenvalue weighted by Crippen LogP contribution is 2.23. The maximum Gasteiger partial charge on any atom is 0.316 e. The molecule has 0 radical (unpaired) electrons. The summed E-state index contributed by atoms with van der Waals surface area (Å²) >= 11 is 1.50. The van der Waals surface area contributed by atoms with Gasteiger partial charge in [0.2, 0.25) is 0 Å². The van der Waals surface area contributed by atoms with Gasteiger partial charge in [0.25, 0.3) is 5.56 Å². The number of urea groups is 1. The van der Waals surface area contributed by atoms with Crippen LogP contribution >= 0.6 is 11.3 Å². The maximum absolute atomic E-state index is 11.7. The molecule has 0 spiro atoms. The van der Waals surface area contributed by atoms with Crippen molar-refractivity contribution in [3.8, 4) is 0 Å². The number of thiophene rings is 1. The SMILES string of the molecule is NC(=O)Nc1csc(Cc2n[nH]c(=O)c3ccccc23)c1. The van der Waals surface area contributed by atoms with Crippen molar-refractivity contribution in [3.05, 3.63) is 56.6 Å². The van der Waals surface area contributed by atoms with E-state index >= 15 is 0 Å². The zero-order chi connectivity index (χ0) is 14.8. The molecule has 0 saturated heterocycles. The third kappa shape index (κ3) is 2.77. The van der Waals surface area contributed by atoms with Crippen molar-refractivity contribution in [1.29, 1.82) is 0 Å². The van der Waals surface area contributed by atoms with Crippen LogP contribution in [-0.2, 0) is 6.42 Å². The lowest BCUT2D eigenvalue weighted by molar-refractivity contribution is 0.259. The summed E-state index contributed by atoms with van der Waals surface area (Å²) in [5, 5.41) is 12.4. The molecule has 21 heavy (non-hydrogen) atoms. The smallest absolute Gasteiger partial charge is 0.316 e. The molecule has 7 heteroatoms. The number of benzene rings is 1. The number of carbonyl (C=O) groups excluding carboxylic acids is 1. The Kier molecular flexibility index (Phi) is 3.41. The van der Waals surface area contributed by atoms with Crippen LogP contribution in [0.25, 0.3) is 10.8 Å². The number of amides is 2. The molecule has 6 nitrogen and oxygen atoms in total. The molecule has 0 aliphatic rings. The van der Waals surface area contributed by atoms with E-state index in [9.17, 15) is 9.59 Å². The van der Waals surface area contributed by atoms with Crippen LogP contribution < -0.4 is 16.6 Å². The molecule has 0 bridgehead atoms. The molecule has 0 fully saturated rings. The molecule has 0 saturated carbocycles. The Morgan fingerprint density at radius 3 is 2.86 bits per heavy atom. The van der Waals surface area contributed by atoms with Crippen LogP contribution in [0.15, 0.2) is 40.5 Å². The second kappa shape index (κ2) is 5.37. The Hall–Kier alpha value is -2.67. The molecule has 3 aromatic rings. The van der Waals surface area contributed by atoms with Crippen LogP contribution in [0.2, 0.25) is 0 Å². The molecular formula is C14H12N4O2S. The Labute approximate surface area is 123 Å². The molecule has 0 unspecified atom stereocenters. The number of aromatic amines is 1. The Bertz CT molecular complexity index is 869. The summed E-state index contributed by atoms with van der Waals surface area (Å²) in [5.74, 6) is 0. The number of hydrogen-bond acceptors (Lipinski definition) is 4. The first-order chi connectivity index (χ1) is 10.1. The van der Waals surface area contributed by atoms with E-state index in [0.29, 0.717) is 17.5 Å². The summed E-state index contributed by atoms with van der Waals surface area (Å²) in [6, 6.07) is 8.60. The summed E-state index contributed by atoms with van der Waals surface area (Å²) in [5.41, 5.74) is 6.33. The topological polar surface area (TPSA) is 101 Å². The van der Waals surface area contributed by atoms with Crippen LogP contribution in [0.3, 0.4) is 0 Å². The molecule has 1 aromatic carbocycles. The maximum atomic E-state index is 11.7. The van der Waals surface area contributed by atoms with Crippen molar-refractivity contribution in [1.82, 2.24) is 10.2 Å². The molecule has 106 valence electrons. The highest BCUT2D eigenvalue weighted by molar-refractivity contribution is 7.10. The van der Waals surface area contributed by atoms with E-state index in [0.717, 1.165) is 16.0 Å². The van der Waals surface area contributed by atoms with E-state index in [-0.39, 0.29) is 5.56 Å². The highest BCUT2D eigenvalue weighted by Gasteiger charge is 2.09. The van der Waals surface area contributed by atoms with Gasteiger partial charge in [0.15, 0.2) is 0 Å². The quantitative estimate of drug-likeness (QED) is 0.690. The molecule has 2 aromatic heterocycles. The number of fused-ring (bicyclic) bond motifs is 1. The standard InChI is InChI=1S/C14H12N4O2S/c15-14(20)16-8-5-9(21-7-8)6-12-10-3-1-2-4-11(10)13(19)18-17-12/h1-5,7H,6H2,(H,18,19)(H3,15,16,20). The van der Waals surface area contributed by atoms with Crippen molar-refractivity contribution < 1.29 is 4.79 Å². The molecule has 0 aliphatic heterocycles. The highest BCUT2D eigenvalue weighted by atomic mass is 32.1. The van der Waals surface area contributed by atoms with E-state index in [4.69, 9.17) is 5.73 Å². The van der Waals surface area contributed by atoms with E-state index < -0.39 is 6.03 Å². The summed E-state index contributed by atoms with van der Waals surface area (Å²) in [6.07, 6.45) is 0.572. The fraction of sp³-hybridized carbons (Fsp3) is 0.0714. The van der Waals surface area contributed by atoms with Gasteiger partial charge in [-0.3, -0.25) is 4.79 Å². The van der Waals surface area contributed by atoms with Crippen LogP contribution in [0, 0.1) is 0 Å². The number of hydrogen-bond donors (Lipinski definition) is 3. The van der Waals surface area contributed by atoms with Gasteiger partial charge in [-0.1, -0.05) is 18.2 Å². The first-order valence-electron chi connectivity index (χ1n) is 6.23. The normalized spacial score (nSPS) is 10.7. The number of rotatable bonds is 3. The lowest BCUT2D eigenvalue weighted by Gasteiger charge is -2.03. The number of nitrogens with two attached hydrogens (primary N) is 1. The van der Waals surface area contributed by atoms with Gasteiger partial charge in [0.1, 0.15) is 0 Å². The second-order valence-electron chi connectivity index (χ2n) is 4.51. The van der Waals surface area contributed by atoms with Gasteiger partial charge >= 0.3 is 6.03 Å². The van der Waals surface area contributed by atoms with Gasteiger partial charge in [-0.15, -0.1) is 11.3 Å². The Morgan fingerprint density at radius 2 is 2.10 bits per heavy atom. The second-order valence-corrected chi connectivity index (χ2v) is 5.51. The van der Waals surface area contributed by atoms with Gasteiger partial charge in [0.05, 0.1) is 16.8 Å². The van der Waals surface area contributed by atoms with Crippen molar-refractivity contribution in [2.75, 3.05) is 5.32 Å². The molecule has 0 atom stereocenters. The van der Waals surface area contributed by atoms with Crippen molar-refractivity contribution >= 4 is 33.8 Å². The fourth-order valence-corrected chi connectivity index (χ4v) is 2.97. The number of anilines is 1. The van der Waals surface area contributed by atoms with E-state index in [1.165, 1.54) is 11.3 Å². The lowest BCUT2D eigenvalue weighted by Crippen LogP contribution is -2.18. The predicted octanol–water partition coefficient (Wildman–Crippen LogP) is 2.07. The summed E-state index contributed by atoms with van der Waals surface area (Å²) in [6.45, 7) is 0. The number of nitrogens with one attached hydrogen (secondary N) is 2. The van der Waals surface area contributed by atoms with Crippen molar-refractivity contribution in [2.24, 2.45) is 5.73 Å². The average Bonchev–Trinajstić information content (AvgIpc) is 2.89. The third-order valence-electron chi connectivity index (χ3n) is 3.04. The minimum absolute atomic E-state index is 0.198. The van der Waals surface area contributed by atoms with Gasteiger partial charge in [-0.25, -0.2) is 9.89 Å². The summed E-state index contributed by atoms with van der Waals surface area (Å²) in [7, 11) is 0.